The molecule has 3 rings (SSSR count). The number of hydrogen-bond donors (Lipinski definition) is 1. The molecule has 0 saturated carbocycles. The maximum Gasteiger partial charge on any atom is 0.227 e. The second-order valence-electron chi connectivity index (χ2n) is 4.61. The van der Waals surface area contributed by atoms with Crippen molar-refractivity contribution >= 4 is 40.2 Å². The third-order valence-electron chi connectivity index (χ3n) is 3.20. The largest absolute Gasteiger partial charge is 0.378 e. The molecule has 0 spiro atoms. The van der Waals surface area contributed by atoms with Crippen molar-refractivity contribution in [1.29, 1.82) is 0 Å². The molecule has 104 valence electrons. The van der Waals surface area contributed by atoms with Crippen LogP contribution in [0.2, 0.25) is 4.34 Å². The first kappa shape index (κ1) is 13.4. The van der Waals surface area contributed by atoms with Crippen molar-refractivity contribution in [2.45, 2.75) is 19.4 Å². The quantitative estimate of drug-likeness (QED) is 0.939. The minimum absolute atomic E-state index is 0.203. The number of amides is 1. The Bertz CT molecular complexity index is 628. The Balaban J connectivity index is 1.69. The molecule has 1 aromatic carbocycles. The van der Waals surface area contributed by atoms with Crippen molar-refractivity contribution in [3.63, 3.8) is 0 Å². The zero-order valence-corrected chi connectivity index (χ0v) is 12.4. The van der Waals surface area contributed by atoms with Crippen LogP contribution in [-0.4, -0.2) is 17.4 Å². The van der Waals surface area contributed by atoms with Crippen LogP contribution in [0.3, 0.4) is 0 Å². The second-order valence-corrected chi connectivity index (χ2v) is 6.36. The number of hydrogen-bond acceptors (Lipinski definition) is 4. The first-order valence-corrected chi connectivity index (χ1v) is 7.66. The van der Waals surface area contributed by atoms with Crippen molar-refractivity contribution in [2.24, 2.45) is 0 Å². The fourth-order valence-corrected chi connectivity index (χ4v) is 3.15. The number of nitrogens with zero attached hydrogens (tertiary/aromatic N) is 2. The van der Waals surface area contributed by atoms with Gasteiger partial charge in [0.25, 0.3) is 0 Å². The van der Waals surface area contributed by atoms with Crippen LogP contribution in [0, 0.1) is 0 Å². The molecule has 0 aliphatic carbocycles. The summed E-state index contributed by atoms with van der Waals surface area (Å²) >= 11 is 7.32. The van der Waals surface area contributed by atoms with E-state index in [2.05, 4.69) is 10.3 Å². The summed E-state index contributed by atoms with van der Waals surface area (Å²) in [5.41, 5.74) is 1.93. The van der Waals surface area contributed by atoms with Crippen LogP contribution in [0.5, 0.6) is 0 Å². The van der Waals surface area contributed by atoms with Crippen molar-refractivity contribution in [2.75, 3.05) is 16.8 Å². The van der Waals surface area contributed by atoms with E-state index >= 15 is 0 Å². The van der Waals surface area contributed by atoms with E-state index in [9.17, 15) is 4.79 Å². The van der Waals surface area contributed by atoms with Gasteiger partial charge in [0.15, 0.2) is 0 Å². The molecule has 2 aromatic rings. The lowest BCUT2D eigenvalue weighted by atomic mass is 10.2. The van der Waals surface area contributed by atoms with Gasteiger partial charge in [0.1, 0.15) is 9.34 Å². The van der Waals surface area contributed by atoms with E-state index in [-0.39, 0.29) is 5.91 Å². The molecule has 0 atom stereocenters. The Morgan fingerprint density at radius 1 is 1.45 bits per heavy atom. The minimum atomic E-state index is 0.203. The van der Waals surface area contributed by atoms with Crippen LogP contribution in [0.15, 0.2) is 30.5 Å². The third kappa shape index (κ3) is 2.94. The highest BCUT2D eigenvalue weighted by Gasteiger charge is 2.21. The number of benzene rings is 1. The van der Waals surface area contributed by atoms with Crippen LogP contribution in [0.1, 0.15) is 17.8 Å². The number of rotatable bonds is 4. The van der Waals surface area contributed by atoms with E-state index in [1.54, 1.807) is 6.20 Å². The van der Waals surface area contributed by atoms with Gasteiger partial charge < -0.3 is 10.2 Å². The molecule has 1 aliphatic heterocycles. The number of anilines is 2. The standard InChI is InChI=1S/C14H14ClN3OS/c15-12-8-17-13(20-12)9-16-10-3-1-4-11(7-10)18-6-2-5-14(18)19/h1,3-4,7-8,16H,2,5-6,9H2. The van der Waals surface area contributed by atoms with E-state index in [4.69, 9.17) is 11.6 Å². The molecule has 4 nitrogen and oxygen atoms in total. The van der Waals surface area contributed by atoms with Crippen LogP contribution < -0.4 is 10.2 Å². The highest BCUT2D eigenvalue weighted by atomic mass is 35.5. The molecule has 1 N–H and O–H groups in total. The summed E-state index contributed by atoms with van der Waals surface area (Å²) < 4.78 is 0.693. The lowest BCUT2D eigenvalue weighted by Crippen LogP contribution is -2.23. The average molecular weight is 308 g/mol. The molecule has 2 heterocycles. The molecule has 0 bridgehead atoms. The van der Waals surface area contributed by atoms with Gasteiger partial charge in [0, 0.05) is 24.3 Å². The van der Waals surface area contributed by atoms with Crippen LogP contribution in [0.4, 0.5) is 11.4 Å². The monoisotopic (exact) mass is 307 g/mol. The van der Waals surface area contributed by atoms with E-state index in [1.165, 1.54) is 11.3 Å². The zero-order valence-electron chi connectivity index (χ0n) is 10.8. The van der Waals surface area contributed by atoms with Crippen molar-refractivity contribution in [3.05, 3.63) is 39.8 Å². The Morgan fingerprint density at radius 3 is 3.05 bits per heavy atom. The molecule has 1 amide bonds. The van der Waals surface area contributed by atoms with E-state index in [1.807, 2.05) is 29.2 Å². The third-order valence-corrected chi connectivity index (χ3v) is 4.32. The fraction of sp³-hybridized carbons (Fsp3) is 0.286. The Kier molecular flexibility index (Phi) is 3.89. The van der Waals surface area contributed by atoms with Crippen molar-refractivity contribution in [3.8, 4) is 0 Å². The SMILES string of the molecule is O=C1CCCN1c1cccc(NCc2ncc(Cl)s2)c1. The van der Waals surface area contributed by atoms with Gasteiger partial charge in [-0.05, 0) is 24.6 Å². The number of aromatic nitrogens is 1. The van der Waals surface area contributed by atoms with Gasteiger partial charge in [0.2, 0.25) is 5.91 Å². The number of halogens is 1. The smallest absolute Gasteiger partial charge is 0.227 e. The molecule has 1 aromatic heterocycles. The van der Waals surface area contributed by atoms with Crippen LogP contribution in [0.25, 0.3) is 0 Å². The normalized spacial score (nSPS) is 14.8. The molecular formula is C14H14ClN3OS. The van der Waals surface area contributed by atoms with E-state index < -0.39 is 0 Å². The first-order valence-electron chi connectivity index (χ1n) is 6.47. The number of carbonyl (C=O) groups is 1. The second kappa shape index (κ2) is 5.81. The van der Waals surface area contributed by atoms with Crippen molar-refractivity contribution < 1.29 is 4.79 Å². The van der Waals surface area contributed by atoms with Gasteiger partial charge in [-0.1, -0.05) is 17.7 Å². The Morgan fingerprint density at radius 2 is 2.35 bits per heavy atom. The predicted octanol–water partition coefficient (Wildman–Crippen LogP) is 3.54. The lowest BCUT2D eigenvalue weighted by Gasteiger charge is -2.16. The summed E-state index contributed by atoms with van der Waals surface area (Å²) in [6, 6.07) is 7.91. The van der Waals surface area contributed by atoms with Crippen LogP contribution in [-0.2, 0) is 11.3 Å². The molecule has 0 radical (unpaired) electrons. The summed E-state index contributed by atoms with van der Waals surface area (Å²) in [5, 5.41) is 4.25. The maximum atomic E-state index is 11.8. The summed E-state index contributed by atoms with van der Waals surface area (Å²) in [6.45, 7) is 1.44. The first-order chi connectivity index (χ1) is 9.72. The number of thiazole rings is 1. The summed E-state index contributed by atoms with van der Waals surface area (Å²) in [6.07, 6.45) is 3.24. The molecule has 0 unspecified atom stereocenters. The van der Waals surface area contributed by atoms with E-state index in [0.717, 1.165) is 29.3 Å². The highest BCUT2D eigenvalue weighted by molar-refractivity contribution is 7.15. The van der Waals surface area contributed by atoms with Gasteiger partial charge in [-0.25, -0.2) is 4.98 Å². The maximum absolute atomic E-state index is 11.8. The molecule has 6 heteroatoms. The van der Waals surface area contributed by atoms with Gasteiger partial charge in [-0.3, -0.25) is 4.79 Å². The average Bonchev–Trinajstić information content (AvgIpc) is 3.05. The fourth-order valence-electron chi connectivity index (χ4n) is 2.25. The molecule has 1 saturated heterocycles. The van der Waals surface area contributed by atoms with Crippen LogP contribution >= 0.6 is 22.9 Å². The number of nitrogens with one attached hydrogen (secondary N) is 1. The van der Waals surface area contributed by atoms with Gasteiger partial charge >= 0.3 is 0 Å². The summed E-state index contributed by atoms with van der Waals surface area (Å²) in [4.78, 5) is 17.8. The summed E-state index contributed by atoms with van der Waals surface area (Å²) in [7, 11) is 0. The Hall–Kier alpha value is -1.59. The lowest BCUT2D eigenvalue weighted by molar-refractivity contribution is -0.117. The summed E-state index contributed by atoms with van der Waals surface area (Å²) in [5.74, 6) is 0.203. The topological polar surface area (TPSA) is 45.2 Å². The van der Waals surface area contributed by atoms with Gasteiger partial charge in [0.05, 0.1) is 12.7 Å². The molecular weight excluding hydrogens is 294 g/mol. The van der Waals surface area contributed by atoms with E-state index in [0.29, 0.717) is 17.3 Å². The predicted molar refractivity (Wildman–Crippen MR) is 82.5 cm³/mol. The Labute approximate surface area is 126 Å². The minimum Gasteiger partial charge on any atom is -0.378 e. The molecule has 1 fully saturated rings. The van der Waals surface area contributed by atoms with Gasteiger partial charge in [-0.2, -0.15) is 0 Å². The highest BCUT2D eigenvalue weighted by Crippen LogP contribution is 2.25. The molecule has 1 aliphatic rings. The van der Waals surface area contributed by atoms with Crippen molar-refractivity contribution in [1.82, 2.24) is 4.98 Å². The van der Waals surface area contributed by atoms with Gasteiger partial charge in [-0.15, -0.1) is 11.3 Å². The number of carbonyl (C=O) groups excluding carboxylic acids is 1. The molecule has 20 heavy (non-hydrogen) atoms. The zero-order chi connectivity index (χ0) is 13.9.